The van der Waals surface area contributed by atoms with Crippen molar-refractivity contribution in [3.63, 3.8) is 0 Å². The van der Waals surface area contributed by atoms with Crippen LogP contribution in [0.25, 0.3) is 0 Å². The Bertz CT molecular complexity index is 0. The Hall–Kier alpha value is -0.640. The molecule has 0 aliphatic rings. The van der Waals surface area contributed by atoms with Gasteiger partial charge in [0.15, 0.2) is 0 Å². The van der Waals surface area contributed by atoms with Gasteiger partial charge in [0.25, 0.3) is 0 Å². The second-order valence-corrected chi connectivity index (χ2v) is 0. The zero-order valence-corrected chi connectivity index (χ0v) is 3.82. The van der Waals surface area contributed by atoms with Crippen LogP contribution >= 0.6 is 0 Å². The highest BCUT2D eigenvalue weighted by molar-refractivity contribution is 4.07. The van der Waals surface area contributed by atoms with E-state index in [0.717, 1.165) is 0 Å². The average molecular weight is 140 g/mol. The molecule has 0 rings (SSSR count). The van der Waals surface area contributed by atoms with Gasteiger partial charge in [-0.25, -0.2) is 0 Å². The quantitative estimate of drug-likeness (QED) is 0.322. The predicted molar refractivity (Wildman–Crippen MR) is 28.4 cm³/mol. The second-order valence-electron chi connectivity index (χ2n) is 0. The summed E-state index contributed by atoms with van der Waals surface area (Å²) in [5, 5.41) is 0. The molecular formula is H12O8. The SMILES string of the molecule is O.O.O.O.O.O.O=O. The Morgan fingerprint density at radius 2 is 0.375 bits per heavy atom. The summed E-state index contributed by atoms with van der Waals surface area (Å²) in [5.41, 5.74) is 0. The van der Waals surface area contributed by atoms with Gasteiger partial charge in [-0.2, -0.15) is 0 Å². The molecule has 60 valence electrons. The Kier molecular flexibility index (Phi) is 128000. The minimum atomic E-state index is 0. The average Bonchev–Trinajstić information content (AvgIpc) is 1.00. The molecule has 0 aliphatic heterocycles. The van der Waals surface area contributed by atoms with Crippen molar-refractivity contribution in [1.82, 2.24) is 0 Å². The summed E-state index contributed by atoms with van der Waals surface area (Å²) < 4.78 is 0. The highest BCUT2D eigenvalue weighted by Crippen LogP contribution is 0.741. The lowest BCUT2D eigenvalue weighted by molar-refractivity contribution is 0.823. The summed E-state index contributed by atoms with van der Waals surface area (Å²) in [6.45, 7) is 0. The zero-order chi connectivity index (χ0) is 2.00. The summed E-state index contributed by atoms with van der Waals surface area (Å²) in [5.74, 6) is 0. The number of hydrogen-bond acceptors (Lipinski definition) is 2. The van der Waals surface area contributed by atoms with Crippen molar-refractivity contribution in [2.75, 3.05) is 0 Å². The summed E-state index contributed by atoms with van der Waals surface area (Å²) in [4.78, 5) is 14.0. The molecule has 0 amide bonds. The van der Waals surface area contributed by atoms with E-state index >= 15 is 0 Å². The van der Waals surface area contributed by atoms with Crippen molar-refractivity contribution in [2.24, 2.45) is 0 Å². The Labute approximate surface area is 44.2 Å². The molecule has 0 aromatic carbocycles. The van der Waals surface area contributed by atoms with Gasteiger partial charge in [0.05, 0.1) is 0 Å². The van der Waals surface area contributed by atoms with E-state index in [1.165, 1.54) is 0 Å². The second kappa shape index (κ2) is 446. The largest absolute Gasteiger partial charge is 0.412 e. The van der Waals surface area contributed by atoms with Gasteiger partial charge in [-0.3, -0.25) is 0 Å². The zero-order valence-electron chi connectivity index (χ0n) is 3.82. The van der Waals surface area contributed by atoms with Crippen LogP contribution < -0.4 is 0 Å². The maximum atomic E-state index is 7.00. The van der Waals surface area contributed by atoms with Crippen molar-refractivity contribution < 1.29 is 32.9 Å². The molecule has 12 N–H and O–H groups in total. The molecule has 0 spiro atoms. The fraction of sp³-hybridized carbons (Fsp3) is 0. The summed E-state index contributed by atoms with van der Waals surface area (Å²) >= 11 is 0. The van der Waals surface area contributed by atoms with E-state index in [1.54, 1.807) is 0 Å². The first-order chi connectivity index (χ1) is 1.00. The molecule has 8 heavy (non-hydrogen) atoms. The van der Waals surface area contributed by atoms with Crippen LogP contribution in [0.15, 0.2) is 0 Å². The van der Waals surface area contributed by atoms with Crippen LogP contribution in [-0.4, -0.2) is 32.9 Å². The molecule has 0 saturated carbocycles. The van der Waals surface area contributed by atoms with Crippen molar-refractivity contribution in [2.45, 2.75) is 0 Å². The molecule has 0 heterocycles. The first kappa shape index (κ1) is 2300. The van der Waals surface area contributed by atoms with Crippen LogP contribution in [0.1, 0.15) is 0 Å². The van der Waals surface area contributed by atoms with E-state index in [2.05, 4.69) is 0 Å². The van der Waals surface area contributed by atoms with Gasteiger partial charge in [0.2, 0.25) is 0 Å². The van der Waals surface area contributed by atoms with Gasteiger partial charge in [0, 0.05) is 9.93 Å². The molecule has 0 aromatic rings. The van der Waals surface area contributed by atoms with Gasteiger partial charge in [-0.05, 0) is 0 Å². The van der Waals surface area contributed by atoms with Crippen molar-refractivity contribution >= 4 is 0 Å². The van der Waals surface area contributed by atoms with Crippen LogP contribution in [0.2, 0.25) is 0 Å². The van der Waals surface area contributed by atoms with E-state index in [1.807, 2.05) is 0 Å². The third-order valence-electron chi connectivity index (χ3n) is 0. The molecule has 0 saturated heterocycles. The Balaban J connectivity index is -0.000000000333. The van der Waals surface area contributed by atoms with E-state index in [0.29, 0.717) is 0 Å². The maximum absolute atomic E-state index is 7.00. The normalized spacial score (nSPS) is 0.500. The summed E-state index contributed by atoms with van der Waals surface area (Å²) in [7, 11) is 0. The minimum absolute atomic E-state index is 0. The monoisotopic (exact) mass is 140 g/mol. The predicted octanol–water partition coefficient (Wildman–Crippen LogP) is -4.88. The maximum Gasteiger partial charge on any atom is 0 e. The third-order valence-corrected chi connectivity index (χ3v) is 0. The van der Waals surface area contributed by atoms with E-state index in [4.69, 9.17) is 9.93 Å². The van der Waals surface area contributed by atoms with Crippen LogP contribution in [-0.2, 0) is 0 Å². The van der Waals surface area contributed by atoms with Crippen molar-refractivity contribution in [1.29, 1.82) is 0 Å². The van der Waals surface area contributed by atoms with Crippen LogP contribution in [0.3, 0.4) is 0 Å². The highest BCUT2D eigenvalue weighted by Gasteiger charge is 0.707. The molecule has 0 atom stereocenters. The number of hydrogen-bond donors (Lipinski definition) is 0. The summed E-state index contributed by atoms with van der Waals surface area (Å²) in [6.07, 6.45) is 0. The first-order valence-corrected chi connectivity index (χ1v) is 0.167. The molecule has 0 aromatic heterocycles. The van der Waals surface area contributed by atoms with Crippen molar-refractivity contribution in [3.8, 4) is 0 Å². The molecule has 0 bridgehead atoms. The molecule has 8 heteroatoms. The van der Waals surface area contributed by atoms with Crippen molar-refractivity contribution in [3.05, 3.63) is 9.93 Å². The molecule has 8 nitrogen and oxygen atoms in total. The molecule has 0 fully saturated rings. The van der Waals surface area contributed by atoms with Gasteiger partial charge in [-0.15, -0.1) is 0 Å². The molecule has 0 unspecified atom stereocenters. The lowest BCUT2D eigenvalue weighted by Crippen LogP contribution is -0.674. The minimum Gasteiger partial charge on any atom is -0.412 e. The van der Waals surface area contributed by atoms with E-state index in [9.17, 15) is 0 Å². The molecular weight excluding hydrogens is 128 g/mol. The lowest BCUT2D eigenvalue weighted by atomic mass is 15.3. The Morgan fingerprint density at radius 3 is 0.375 bits per heavy atom. The van der Waals surface area contributed by atoms with E-state index < -0.39 is 0 Å². The third kappa shape index (κ3) is 249. The van der Waals surface area contributed by atoms with Gasteiger partial charge in [-0.1, -0.05) is 0 Å². The number of rotatable bonds is 0. The standard InChI is InChI=1S/O2.6H2O/c1-2;;;;;;/h;6*1H2. The van der Waals surface area contributed by atoms with Gasteiger partial charge < -0.3 is 32.9 Å². The van der Waals surface area contributed by atoms with Crippen LogP contribution in [0.5, 0.6) is 0 Å². The lowest BCUT2D eigenvalue weighted by Gasteiger charge is -0.707. The highest BCUT2D eigenvalue weighted by atomic mass is 16.7. The summed E-state index contributed by atoms with van der Waals surface area (Å²) in [6, 6.07) is 0. The fourth-order valence-corrected chi connectivity index (χ4v) is 0. The van der Waals surface area contributed by atoms with Crippen LogP contribution in [0, 0.1) is 9.93 Å². The van der Waals surface area contributed by atoms with Gasteiger partial charge >= 0.3 is 0 Å². The topological polar surface area (TPSA) is 223 Å². The van der Waals surface area contributed by atoms with Crippen LogP contribution in [0.4, 0.5) is 0 Å². The van der Waals surface area contributed by atoms with Gasteiger partial charge in [0.1, 0.15) is 0 Å². The molecule has 0 radical (unpaired) electrons. The fourth-order valence-electron chi connectivity index (χ4n) is 0. The molecule has 0 aliphatic carbocycles. The Morgan fingerprint density at radius 1 is 0.375 bits per heavy atom. The van der Waals surface area contributed by atoms with E-state index in [-0.39, 0.29) is 32.9 Å². The first-order valence-electron chi connectivity index (χ1n) is 0.167. The smallest absolute Gasteiger partial charge is 0 e.